The van der Waals surface area contributed by atoms with Crippen LogP contribution in [0.1, 0.15) is 6.42 Å². The summed E-state index contributed by atoms with van der Waals surface area (Å²) < 4.78 is 10.8. The van der Waals surface area contributed by atoms with Crippen molar-refractivity contribution < 1.29 is 9.16 Å². The number of epoxide rings is 1. The standard InChI is InChI=1S/C6H14O2Si2/c1-2-8-9-10(3-1)5-6-4-7-6/h6,10H,1-5,9H2. The second-order valence-electron chi connectivity index (χ2n) is 3.27. The van der Waals surface area contributed by atoms with Crippen molar-refractivity contribution in [2.45, 2.75) is 24.6 Å². The molecule has 2 fully saturated rings. The van der Waals surface area contributed by atoms with E-state index in [-0.39, 0.29) is 17.6 Å². The van der Waals surface area contributed by atoms with E-state index in [2.05, 4.69) is 0 Å². The molecule has 2 rings (SSSR count). The molecule has 2 unspecified atom stereocenters. The van der Waals surface area contributed by atoms with Gasteiger partial charge in [0.15, 0.2) is 0 Å². The summed E-state index contributed by atoms with van der Waals surface area (Å²) >= 11 is 0. The molecule has 0 N–H and O–H groups in total. The largest absolute Gasteiger partial charge is 0.428 e. The fraction of sp³-hybridized carbons (Fsp3) is 1.00. The highest BCUT2D eigenvalue weighted by atomic mass is 29.2. The molecule has 2 saturated heterocycles. The molecule has 0 saturated carbocycles. The third kappa shape index (κ3) is 1.92. The van der Waals surface area contributed by atoms with Gasteiger partial charge >= 0.3 is 0 Å². The molecule has 2 aliphatic heterocycles. The molecule has 10 heavy (non-hydrogen) atoms. The first-order chi connectivity index (χ1) is 4.95. The van der Waals surface area contributed by atoms with Crippen LogP contribution in [-0.2, 0) is 9.16 Å². The highest BCUT2D eigenvalue weighted by Crippen LogP contribution is 2.19. The van der Waals surface area contributed by atoms with Crippen molar-refractivity contribution in [1.29, 1.82) is 0 Å². The fourth-order valence-corrected chi connectivity index (χ4v) is 8.96. The molecule has 2 heterocycles. The highest BCUT2D eigenvalue weighted by molar-refractivity contribution is 7.10. The summed E-state index contributed by atoms with van der Waals surface area (Å²) in [6.45, 7) is 2.12. The van der Waals surface area contributed by atoms with Crippen LogP contribution in [0.25, 0.3) is 0 Å². The van der Waals surface area contributed by atoms with Crippen LogP contribution in [0.5, 0.6) is 0 Å². The van der Waals surface area contributed by atoms with Gasteiger partial charge in [-0.3, -0.25) is 0 Å². The first-order valence-electron chi connectivity index (χ1n) is 4.14. The van der Waals surface area contributed by atoms with Crippen molar-refractivity contribution >= 4 is 17.6 Å². The first kappa shape index (κ1) is 7.03. The zero-order valence-electron chi connectivity index (χ0n) is 6.21. The van der Waals surface area contributed by atoms with Gasteiger partial charge in [-0.15, -0.1) is 0 Å². The SMILES string of the molecule is C1CO[SiH2][SiH](CC2CO2)C1. The minimum absolute atomic E-state index is 0.0214. The van der Waals surface area contributed by atoms with Crippen molar-refractivity contribution in [1.82, 2.24) is 0 Å². The molecule has 0 aliphatic carbocycles. The predicted octanol–water partition coefficient (Wildman–Crippen LogP) is -0.387. The summed E-state index contributed by atoms with van der Waals surface area (Å²) in [6.07, 6.45) is 2.03. The average Bonchev–Trinajstić information content (AvgIpc) is 2.74. The molecule has 2 atom stereocenters. The summed E-state index contributed by atoms with van der Waals surface area (Å²) in [5.41, 5.74) is 0. The van der Waals surface area contributed by atoms with Crippen LogP contribution in [0.4, 0.5) is 0 Å². The Balaban J connectivity index is 1.69. The first-order valence-corrected chi connectivity index (χ1v) is 9.62. The summed E-state index contributed by atoms with van der Waals surface area (Å²) in [5, 5.41) is 0. The molecule has 0 bridgehead atoms. The molecule has 58 valence electrons. The smallest absolute Gasteiger partial charge is 0.147 e. The predicted molar refractivity (Wildman–Crippen MR) is 45.6 cm³/mol. The monoisotopic (exact) mass is 174 g/mol. The molecule has 0 spiro atoms. The molecular formula is C6H14O2Si2. The Morgan fingerprint density at radius 2 is 2.50 bits per heavy atom. The van der Waals surface area contributed by atoms with Crippen molar-refractivity contribution in [3.05, 3.63) is 0 Å². The van der Waals surface area contributed by atoms with E-state index in [1.54, 1.807) is 6.04 Å². The maximum absolute atomic E-state index is 5.56. The lowest BCUT2D eigenvalue weighted by Crippen LogP contribution is -2.31. The maximum atomic E-state index is 5.56. The van der Waals surface area contributed by atoms with Gasteiger partial charge in [0.25, 0.3) is 0 Å². The molecule has 0 aromatic rings. The lowest BCUT2D eigenvalue weighted by molar-refractivity contribution is 0.334. The Hall–Kier alpha value is 0.354. The van der Waals surface area contributed by atoms with E-state index in [9.17, 15) is 0 Å². The molecule has 0 aromatic heterocycles. The van der Waals surface area contributed by atoms with Gasteiger partial charge in [-0.1, -0.05) is 6.04 Å². The van der Waals surface area contributed by atoms with Crippen molar-refractivity contribution in [3.8, 4) is 0 Å². The number of ether oxygens (including phenoxy) is 1. The fourth-order valence-electron chi connectivity index (χ4n) is 1.57. The lowest BCUT2D eigenvalue weighted by atomic mass is 10.5. The van der Waals surface area contributed by atoms with Crippen LogP contribution >= 0.6 is 0 Å². The van der Waals surface area contributed by atoms with E-state index in [1.807, 2.05) is 0 Å². The van der Waals surface area contributed by atoms with Gasteiger partial charge in [-0.05, 0) is 12.5 Å². The quantitative estimate of drug-likeness (QED) is 0.420. The topological polar surface area (TPSA) is 21.8 Å². The van der Waals surface area contributed by atoms with Crippen LogP contribution in [0.3, 0.4) is 0 Å². The number of rotatable bonds is 2. The van der Waals surface area contributed by atoms with Gasteiger partial charge in [0.1, 0.15) is 9.28 Å². The van der Waals surface area contributed by atoms with E-state index in [4.69, 9.17) is 9.16 Å². The minimum Gasteiger partial charge on any atom is -0.428 e. The van der Waals surface area contributed by atoms with Crippen molar-refractivity contribution in [3.63, 3.8) is 0 Å². The third-order valence-corrected chi connectivity index (χ3v) is 10.0. The van der Waals surface area contributed by atoms with E-state index in [0.717, 1.165) is 13.2 Å². The molecule has 4 heteroatoms. The van der Waals surface area contributed by atoms with Crippen molar-refractivity contribution in [2.75, 3.05) is 13.2 Å². The Kier molecular flexibility index (Phi) is 2.23. The zero-order chi connectivity index (χ0) is 6.81. The third-order valence-electron chi connectivity index (χ3n) is 2.25. The van der Waals surface area contributed by atoms with Gasteiger partial charge in [0.2, 0.25) is 0 Å². The molecular weight excluding hydrogens is 160 g/mol. The second kappa shape index (κ2) is 3.17. The lowest BCUT2D eigenvalue weighted by Gasteiger charge is -2.18. The molecule has 0 amide bonds. The summed E-state index contributed by atoms with van der Waals surface area (Å²) in [7, 11) is -0.351. The number of hydrogen-bond acceptors (Lipinski definition) is 2. The number of hydrogen-bond donors (Lipinski definition) is 0. The van der Waals surface area contributed by atoms with Gasteiger partial charge < -0.3 is 9.16 Å². The highest BCUT2D eigenvalue weighted by Gasteiger charge is 2.28. The van der Waals surface area contributed by atoms with Crippen LogP contribution in [0.2, 0.25) is 12.1 Å². The Morgan fingerprint density at radius 3 is 3.10 bits per heavy atom. The zero-order valence-corrected chi connectivity index (χ0v) is 8.78. The van der Waals surface area contributed by atoms with Crippen molar-refractivity contribution in [2.24, 2.45) is 0 Å². The summed E-state index contributed by atoms with van der Waals surface area (Å²) in [6, 6.07) is 2.98. The van der Waals surface area contributed by atoms with E-state index in [1.165, 1.54) is 12.5 Å². The molecule has 2 aliphatic rings. The van der Waals surface area contributed by atoms with Gasteiger partial charge in [0.05, 0.1) is 21.0 Å². The van der Waals surface area contributed by atoms with Crippen LogP contribution in [0.15, 0.2) is 0 Å². The van der Waals surface area contributed by atoms with Gasteiger partial charge in [-0.25, -0.2) is 0 Å². The minimum atomic E-state index is -0.330. The second-order valence-corrected chi connectivity index (χ2v) is 11.3. The summed E-state index contributed by atoms with van der Waals surface area (Å²) in [4.78, 5) is 0. The van der Waals surface area contributed by atoms with Crippen LogP contribution in [0, 0.1) is 0 Å². The van der Waals surface area contributed by atoms with Gasteiger partial charge in [-0.2, -0.15) is 0 Å². The molecule has 2 nitrogen and oxygen atoms in total. The Morgan fingerprint density at radius 1 is 1.60 bits per heavy atom. The van der Waals surface area contributed by atoms with Crippen LogP contribution in [-0.4, -0.2) is 36.9 Å². The van der Waals surface area contributed by atoms with E-state index >= 15 is 0 Å². The molecule has 0 aromatic carbocycles. The Bertz CT molecular complexity index is 110. The van der Waals surface area contributed by atoms with Gasteiger partial charge in [0, 0.05) is 6.61 Å². The van der Waals surface area contributed by atoms with E-state index in [0.29, 0.717) is 6.10 Å². The summed E-state index contributed by atoms with van der Waals surface area (Å²) in [5.74, 6) is 0. The Labute approximate surface area is 65.2 Å². The normalized spacial score (nSPS) is 42.0. The molecule has 0 radical (unpaired) electrons. The average molecular weight is 174 g/mol. The van der Waals surface area contributed by atoms with E-state index < -0.39 is 0 Å². The maximum Gasteiger partial charge on any atom is 0.147 e. The van der Waals surface area contributed by atoms with Crippen LogP contribution < -0.4 is 0 Å².